The third-order valence-electron chi connectivity index (χ3n) is 0.903. The van der Waals surface area contributed by atoms with Crippen molar-refractivity contribution in [2.75, 3.05) is 0 Å². The summed E-state index contributed by atoms with van der Waals surface area (Å²) in [4.78, 5) is 16.5. The molecule has 1 rings (SSSR count). The zero-order valence-electron chi connectivity index (χ0n) is 5.11. The number of imidazole rings is 1. The molecule has 0 saturated heterocycles. The second-order valence-corrected chi connectivity index (χ2v) is 1.65. The second-order valence-electron chi connectivity index (χ2n) is 1.65. The molecule has 2 N–H and O–H groups in total. The maximum Gasteiger partial charge on any atom is 0.328 e. The molecule has 10 heavy (non-hydrogen) atoms. The summed E-state index contributed by atoms with van der Waals surface area (Å²) in [6.07, 6.45) is 5.60. The van der Waals surface area contributed by atoms with Crippen molar-refractivity contribution in [2.24, 2.45) is 0 Å². The molecule has 0 aromatic carbocycles. The van der Waals surface area contributed by atoms with Crippen molar-refractivity contribution in [3.05, 3.63) is 24.3 Å². The van der Waals surface area contributed by atoms with E-state index in [-0.39, 0.29) is 0 Å². The van der Waals surface area contributed by atoms with Crippen LogP contribution in [0.2, 0.25) is 0 Å². The lowest BCUT2D eigenvalue weighted by atomic mass is 10.5. The summed E-state index contributed by atoms with van der Waals surface area (Å²) in [5.41, 5.74) is 0. The Bertz CT molecular complexity index is 238. The molecule has 1 aromatic heterocycles. The Morgan fingerprint density at radius 3 is 3.10 bits per heavy atom. The highest BCUT2D eigenvalue weighted by Gasteiger charge is 1.87. The molecule has 0 fully saturated rings. The van der Waals surface area contributed by atoms with Crippen LogP contribution in [0.5, 0.6) is 0 Å². The minimum Gasteiger partial charge on any atom is -0.478 e. The number of aliphatic carboxylic acids is 1. The molecular weight excluding hydrogens is 132 g/mol. The largest absolute Gasteiger partial charge is 0.478 e. The van der Waals surface area contributed by atoms with Crippen molar-refractivity contribution >= 4 is 12.0 Å². The Kier molecular flexibility index (Phi) is 1.84. The van der Waals surface area contributed by atoms with Gasteiger partial charge < -0.3 is 10.1 Å². The summed E-state index contributed by atoms with van der Waals surface area (Å²) < 4.78 is 0. The average molecular weight is 138 g/mol. The molecule has 1 heterocycles. The topological polar surface area (TPSA) is 66.0 Å². The summed E-state index contributed by atoms with van der Waals surface area (Å²) in [7, 11) is 0. The third-order valence-corrected chi connectivity index (χ3v) is 0.903. The molecule has 0 amide bonds. The average Bonchev–Trinajstić information content (AvgIpc) is 2.34. The maximum absolute atomic E-state index is 9.97. The smallest absolute Gasteiger partial charge is 0.328 e. The van der Waals surface area contributed by atoms with Crippen LogP contribution in [0.3, 0.4) is 0 Å². The van der Waals surface area contributed by atoms with Crippen LogP contribution in [0.1, 0.15) is 5.82 Å². The Morgan fingerprint density at radius 2 is 2.60 bits per heavy atom. The minimum absolute atomic E-state index is 0.544. The van der Waals surface area contributed by atoms with Crippen molar-refractivity contribution in [3.8, 4) is 0 Å². The van der Waals surface area contributed by atoms with E-state index < -0.39 is 5.97 Å². The Morgan fingerprint density at radius 1 is 1.80 bits per heavy atom. The van der Waals surface area contributed by atoms with Crippen LogP contribution in [0.25, 0.3) is 6.08 Å². The molecule has 0 radical (unpaired) electrons. The van der Waals surface area contributed by atoms with Gasteiger partial charge in [-0.2, -0.15) is 0 Å². The van der Waals surface area contributed by atoms with Crippen LogP contribution in [0.15, 0.2) is 18.5 Å². The number of carboxylic acid groups (broad SMARTS) is 1. The third kappa shape index (κ3) is 1.74. The molecule has 0 aliphatic rings. The maximum atomic E-state index is 9.97. The number of H-pyrrole nitrogens is 1. The number of hydrogen-bond donors (Lipinski definition) is 2. The summed E-state index contributed by atoms with van der Waals surface area (Å²) in [6.45, 7) is 0. The van der Waals surface area contributed by atoms with Crippen molar-refractivity contribution in [1.29, 1.82) is 0 Å². The number of nitrogens with one attached hydrogen (secondary N) is 1. The fraction of sp³-hybridized carbons (Fsp3) is 0. The van der Waals surface area contributed by atoms with Gasteiger partial charge in [0.15, 0.2) is 0 Å². The van der Waals surface area contributed by atoms with E-state index in [4.69, 9.17) is 5.11 Å². The van der Waals surface area contributed by atoms with Crippen LogP contribution >= 0.6 is 0 Å². The van der Waals surface area contributed by atoms with E-state index in [1.54, 1.807) is 12.4 Å². The molecule has 0 unspecified atom stereocenters. The molecule has 4 nitrogen and oxygen atoms in total. The van der Waals surface area contributed by atoms with Crippen molar-refractivity contribution in [2.45, 2.75) is 0 Å². The second kappa shape index (κ2) is 2.82. The number of aromatic nitrogens is 2. The first-order chi connectivity index (χ1) is 4.79. The molecule has 4 heteroatoms. The SMILES string of the molecule is O=C(O)/C=C\c1ncc[nH]1. The number of rotatable bonds is 2. The van der Waals surface area contributed by atoms with Gasteiger partial charge in [0.25, 0.3) is 0 Å². The Hall–Kier alpha value is -1.58. The summed E-state index contributed by atoms with van der Waals surface area (Å²) >= 11 is 0. The number of hydrogen-bond acceptors (Lipinski definition) is 2. The number of nitrogens with zero attached hydrogens (tertiary/aromatic N) is 1. The number of aromatic amines is 1. The van der Waals surface area contributed by atoms with E-state index in [2.05, 4.69) is 9.97 Å². The van der Waals surface area contributed by atoms with Crippen LogP contribution in [0.4, 0.5) is 0 Å². The van der Waals surface area contributed by atoms with E-state index in [1.165, 1.54) is 6.08 Å². The standard InChI is InChI=1S/C6H6N2O2/c9-6(10)2-1-5-7-3-4-8-5/h1-4H,(H,7,8)(H,9,10)/b2-1-. The number of carbonyl (C=O) groups is 1. The van der Waals surface area contributed by atoms with Gasteiger partial charge in [0.05, 0.1) is 0 Å². The zero-order valence-corrected chi connectivity index (χ0v) is 5.11. The molecule has 0 spiro atoms. The quantitative estimate of drug-likeness (QED) is 0.585. The van der Waals surface area contributed by atoms with E-state index in [9.17, 15) is 4.79 Å². The Labute approximate surface area is 57.2 Å². The molecule has 52 valence electrons. The molecule has 0 aliphatic heterocycles. The van der Waals surface area contributed by atoms with Gasteiger partial charge in [-0.15, -0.1) is 0 Å². The van der Waals surface area contributed by atoms with Crippen LogP contribution in [-0.4, -0.2) is 21.0 Å². The first kappa shape index (κ1) is 6.54. The summed E-state index contributed by atoms with van der Waals surface area (Å²) in [6, 6.07) is 0. The fourth-order valence-electron chi connectivity index (χ4n) is 0.519. The van der Waals surface area contributed by atoms with E-state index in [0.29, 0.717) is 5.82 Å². The lowest BCUT2D eigenvalue weighted by Gasteiger charge is -1.79. The minimum atomic E-state index is -0.976. The van der Waals surface area contributed by atoms with Gasteiger partial charge in [-0.1, -0.05) is 0 Å². The first-order valence-electron chi connectivity index (χ1n) is 2.69. The van der Waals surface area contributed by atoms with Crippen LogP contribution in [-0.2, 0) is 4.79 Å². The van der Waals surface area contributed by atoms with Gasteiger partial charge in [-0.05, 0) is 6.08 Å². The van der Waals surface area contributed by atoms with E-state index in [1.807, 2.05) is 0 Å². The molecule has 0 bridgehead atoms. The predicted molar refractivity (Wildman–Crippen MR) is 35.3 cm³/mol. The van der Waals surface area contributed by atoms with Crippen molar-refractivity contribution < 1.29 is 9.90 Å². The molecule has 1 aromatic rings. The molecule has 0 aliphatic carbocycles. The van der Waals surface area contributed by atoms with E-state index >= 15 is 0 Å². The van der Waals surface area contributed by atoms with Gasteiger partial charge in [-0.25, -0.2) is 9.78 Å². The predicted octanol–water partition coefficient (Wildman–Crippen LogP) is 0.507. The van der Waals surface area contributed by atoms with Gasteiger partial charge >= 0.3 is 5.97 Å². The highest BCUT2D eigenvalue weighted by molar-refractivity contribution is 5.84. The van der Waals surface area contributed by atoms with Crippen molar-refractivity contribution in [1.82, 2.24) is 9.97 Å². The van der Waals surface area contributed by atoms with Gasteiger partial charge in [0.2, 0.25) is 0 Å². The molecule has 0 saturated carbocycles. The fourth-order valence-corrected chi connectivity index (χ4v) is 0.519. The van der Waals surface area contributed by atoms with Crippen LogP contribution < -0.4 is 0 Å². The normalized spacial score (nSPS) is 10.4. The van der Waals surface area contributed by atoms with Crippen LogP contribution in [0, 0.1) is 0 Å². The summed E-state index contributed by atoms with van der Waals surface area (Å²) in [5.74, 6) is -0.432. The van der Waals surface area contributed by atoms with Gasteiger partial charge in [-0.3, -0.25) is 0 Å². The number of carboxylic acids is 1. The molecule has 0 atom stereocenters. The van der Waals surface area contributed by atoms with Gasteiger partial charge in [0, 0.05) is 18.5 Å². The lowest BCUT2D eigenvalue weighted by molar-refractivity contribution is -0.131. The summed E-state index contributed by atoms with van der Waals surface area (Å²) in [5, 5.41) is 8.18. The lowest BCUT2D eigenvalue weighted by Crippen LogP contribution is -1.85. The zero-order chi connectivity index (χ0) is 7.40. The monoisotopic (exact) mass is 138 g/mol. The first-order valence-corrected chi connectivity index (χ1v) is 2.69. The van der Waals surface area contributed by atoms with E-state index in [0.717, 1.165) is 6.08 Å². The van der Waals surface area contributed by atoms with Gasteiger partial charge in [0.1, 0.15) is 5.82 Å². The molecular formula is C6H6N2O2. The highest BCUT2D eigenvalue weighted by Crippen LogP contribution is 1.90. The highest BCUT2D eigenvalue weighted by atomic mass is 16.4. The Balaban J connectivity index is 2.64. The van der Waals surface area contributed by atoms with Crippen molar-refractivity contribution in [3.63, 3.8) is 0 Å².